The lowest BCUT2D eigenvalue weighted by Gasteiger charge is -2.05. The number of H-pyrrole nitrogens is 1. The number of anilines is 3. The fourth-order valence-electron chi connectivity index (χ4n) is 1.71. The number of aryl methyl sites for hydroxylation is 1. The molecule has 2 aromatic heterocycles. The minimum absolute atomic E-state index is 0.119. The molecule has 9 heteroatoms. The molecule has 0 aromatic carbocycles. The van der Waals surface area contributed by atoms with Crippen molar-refractivity contribution in [3.05, 3.63) is 22.5 Å². The molecule has 0 aliphatic rings. The van der Waals surface area contributed by atoms with Gasteiger partial charge in [-0.1, -0.05) is 11.6 Å². The van der Waals surface area contributed by atoms with Crippen LogP contribution in [0.5, 0.6) is 0 Å². The van der Waals surface area contributed by atoms with E-state index in [1.165, 1.54) is 0 Å². The smallest absolute Gasteiger partial charge is 0.223 e. The summed E-state index contributed by atoms with van der Waals surface area (Å²) in [6.45, 7) is 0.635. The number of rotatable bonds is 5. The number of nitrogen functional groups attached to an aromatic ring is 2. The number of halogens is 1. The van der Waals surface area contributed by atoms with Gasteiger partial charge >= 0.3 is 0 Å². The monoisotopic (exact) mass is 292 g/mol. The van der Waals surface area contributed by atoms with Crippen molar-refractivity contribution in [1.29, 1.82) is 5.26 Å². The quantitative estimate of drug-likeness (QED) is 0.474. The van der Waals surface area contributed by atoms with Crippen LogP contribution in [0.3, 0.4) is 0 Å². The van der Waals surface area contributed by atoms with E-state index in [0.29, 0.717) is 24.3 Å². The Morgan fingerprint density at radius 2 is 2.20 bits per heavy atom. The van der Waals surface area contributed by atoms with Gasteiger partial charge in [0.05, 0.1) is 5.69 Å². The molecule has 0 bridgehead atoms. The molecule has 2 heterocycles. The van der Waals surface area contributed by atoms with Crippen LogP contribution >= 0.6 is 11.6 Å². The lowest BCUT2D eigenvalue weighted by atomic mass is 10.1. The Labute approximate surface area is 120 Å². The molecule has 0 unspecified atom stereocenters. The van der Waals surface area contributed by atoms with Gasteiger partial charge in [-0.15, -0.1) is 0 Å². The second kappa shape index (κ2) is 6.08. The van der Waals surface area contributed by atoms with E-state index in [-0.39, 0.29) is 16.9 Å². The normalized spacial score (nSPS) is 10.2. The second-order valence-corrected chi connectivity index (χ2v) is 4.43. The Balaban J connectivity index is 1.86. The molecular formula is C11H13ClN8. The highest BCUT2D eigenvalue weighted by Gasteiger charge is 2.09. The number of aromatic amines is 1. The van der Waals surface area contributed by atoms with Crippen molar-refractivity contribution in [3.8, 4) is 6.07 Å². The summed E-state index contributed by atoms with van der Waals surface area (Å²) < 4.78 is 0. The highest BCUT2D eigenvalue weighted by Crippen LogP contribution is 2.14. The lowest BCUT2D eigenvalue weighted by Crippen LogP contribution is -2.07. The number of hydrogen-bond acceptors (Lipinski definition) is 7. The molecule has 6 N–H and O–H groups in total. The topological polar surface area (TPSA) is 142 Å². The summed E-state index contributed by atoms with van der Waals surface area (Å²) in [6.07, 6.45) is 1.41. The molecule has 104 valence electrons. The van der Waals surface area contributed by atoms with E-state index in [2.05, 4.69) is 25.5 Å². The minimum atomic E-state index is 0.119. The Bertz CT molecular complexity index is 624. The zero-order valence-electron chi connectivity index (χ0n) is 10.5. The van der Waals surface area contributed by atoms with Crippen molar-refractivity contribution in [1.82, 2.24) is 20.2 Å². The molecule has 2 aromatic rings. The van der Waals surface area contributed by atoms with Crippen molar-refractivity contribution in [3.63, 3.8) is 0 Å². The Hall–Kier alpha value is -2.53. The fourth-order valence-corrected chi connectivity index (χ4v) is 1.90. The van der Waals surface area contributed by atoms with Crippen LogP contribution in [0.1, 0.15) is 17.7 Å². The largest absolute Gasteiger partial charge is 0.381 e. The molecular weight excluding hydrogens is 280 g/mol. The molecule has 20 heavy (non-hydrogen) atoms. The number of nitrogens with one attached hydrogen (secondary N) is 2. The predicted molar refractivity (Wildman–Crippen MR) is 76.0 cm³/mol. The molecule has 0 atom stereocenters. The van der Waals surface area contributed by atoms with Crippen LogP contribution in [0.2, 0.25) is 5.15 Å². The van der Waals surface area contributed by atoms with Gasteiger partial charge in [0.25, 0.3) is 0 Å². The Kier molecular flexibility index (Phi) is 4.22. The van der Waals surface area contributed by atoms with E-state index in [9.17, 15) is 0 Å². The van der Waals surface area contributed by atoms with Crippen molar-refractivity contribution in [2.24, 2.45) is 0 Å². The summed E-state index contributed by atoms with van der Waals surface area (Å²) in [4.78, 5) is 7.76. The highest BCUT2D eigenvalue weighted by atomic mass is 35.5. The summed E-state index contributed by atoms with van der Waals surface area (Å²) in [6, 6.07) is 3.61. The summed E-state index contributed by atoms with van der Waals surface area (Å²) in [7, 11) is 0. The third kappa shape index (κ3) is 3.27. The second-order valence-electron chi connectivity index (χ2n) is 4.04. The van der Waals surface area contributed by atoms with Crippen LogP contribution in [0, 0.1) is 11.3 Å². The van der Waals surface area contributed by atoms with Gasteiger partial charge < -0.3 is 16.8 Å². The molecule has 0 spiro atoms. The SMILES string of the molecule is N#Cc1c(N)n[nH]c1CCCNc1cc(Cl)nc(N)n1. The van der Waals surface area contributed by atoms with Gasteiger partial charge in [0.15, 0.2) is 5.82 Å². The van der Waals surface area contributed by atoms with Crippen LogP contribution in [-0.2, 0) is 6.42 Å². The van der Waals surface area contributed by atoms with Crippen LogP contribution in [0.25, 0.3) is 0 Å². The van der Waals surface area contributed by atoms with Crippen LogP contribution < -0.4 is 16.8 Å². The van der Waals surface area contributed by atoms with Gasteiger partial charge in [-0.05, 0) is 12.8 Å². The molecule has 0 saturated carbocycles. The summed E-state index contributed by atoms with van der Waals surface area (Å²) in [5.74, 6) is 0.908. The fraction of sp³-hybridized carbons (Fsp3) is 0.273. The van der Waals surface area contributed by atoms with Crippen LogP contribution in [0.4, 0.5) is 17.6 Å². The van der Waals surface area contributed by atoms with E-state index < -0.39 is 0 Å². The van der Waals surface area contributed by atoms with Crippen molar-refractivity contribution >= 4 is 29.2 Å². The van der Waals surface area contributed by atoms with Crippen molar-refractivity contribution < 1.29 is 0 Å². The third-order valence-corrected chi connectivity index (χ3v) is 2.80. The molecule has 0 aliphatic heterocycles. The Morgan fingerprint density at radius 1 is 1.40 bits per heavy atom. The highest BCUT2D eigenvalue weighted by molar-refractivity contribution is 6.29. The molecule has 2 rings (SSSR count). The number of hydrogen-bond donors (Lipinski definition) is 4. The summed E-state index contributed by atoms with van der Waals surface area (Å²) in [5.41, 5.74) is 12.2. The maximum atomic E-state index is 8.93. The van der Waals surface area contributed by atoms with E-state index >= 15 is 0 Å². The minimum Gasteiger partial charge on any atom is -0.381 e. The van der Waals surface area contributed by atoms with E-state index in [4.69, 9.17) is 28.3 Å². The van der Waals surface area contributed by atoms with Gasteiger partial charge in [-0.2, -0.15) is 15.3 Å². The lowest BCUT2D eigenvalue weighted by molar-refractivity contribution is 0.822. The first kappa shape index (κ1) is 13.9. The number of nitriles is 1. The first-order valence-corrected chi connectivity index (χ1v) is 6.24. The predicted octanol–water partition coefficient (Wildman–Crippen LogP) is 0.934. The maximum absolute atomic E-state index is 8.93. The zero-order chi connectivity index (χ0) is 14.5. The van der Waals surface area contributed by atoms with Gasteiger partial charge in [0, 0.05) is 12.6 Å². The molecule has 0 fully saturated rings. The van der Waals surface area contributed by atoms with Crippen LogP contribution in [-0.4, -0.2) is 26.7 Å². The Morgan fingerprint density at radius 3 is 2.90 bits per heavy atom. The number of nitrogens with two attached hydrogens (primary N) is 2. The zero-order valence-corrected chi connectivity index (χ0v) is 11.3. The average Bonchev–Trinajstić information content (AvgIpc) is 2.74. The van der Waals surface area contributed by atoms with Gasteiger partial charge in [-0.3, -0.25) is 5.10 Å². The van der Waals surface area contributed by atoms with Crippen molar-refractivity contribution in [2.75, 3.05) is 23.3 Å². The third-order valence-electron chi connectivity index (χ3n) is 2.60. The molecule has 0 saturated heterocycles. The van der Waals surface area contributed by atoms with Gasteiger partial charge in [0.1, 0.15) is 22.6 Å². The van der Waals surface area contributed by atoms with E-state index in [1.807, 2.05) is 6.07 Å². The van der Waals surface area contributed by atoms with E-state index in [0.717, 1.165) is 12.1 Å². The van der Waals surface area contributed by atoms with Gasteiger partial charge in [-0.25, -0.2) is 4.98 Å². The first-order chi connectivity index (χ1) is 9.60. The molecule has 0 amide bonds. The number of aromatic nitrogens is 4. The first-order valence-electron chi connectivity index (χ1n) is 5.87. The molecule has 0 aliphatic carbocycles. The number of nitrogens with zero attached hydrogens (tertiary/aromatic N) is 4. The average molecular weight is 293 g/mol. The summed E-state index contributed by atoms with van der Waals surface area (Å²) in [5, 5.41) is 18.8. The molecule has 0 radical (unpaired) electrons. The van der Waals surface area contributed by atoms with Crippen molar-refractivity contribution in [2.45, 2.75) is 12.8 Å². The van der Waals surface area contributed by atoms with Gasteiger partial charge in [0.2, 0.25) is 5.95 Å². The maximum Gasteiger partial charge on any atom is 0.223 e. The standard InChI is InChI=1S/C11H13ClN8/c12-8-4-9(18-11(15)17-8)16-3-1-2-7-6(5-13)10(14)20-19-7/h4H,1-3H2,(H3,14,19,20)(H3,15,16,17,18). The van der Waals surface area contributed by atoms with Crippen LogP contribution in [0.15, 0.2) is 6.07 Å². The summed E-state index contributed by atoms with van der Waals surface area (Å²) >= 11 is 5.77. The van der Waals surface area contributed by atoms with E-state index in [1.54, 1.807) is 6.07 Å². The molecule has 8 nitrogen and oxygen atoms in total.